The van der Waals surface area contributed by atoms with E-state index >= 15 is 0 Å². The van der Waals surface area contributed by atoms with Crippen molar-refractivity contribution in [2.75, 3.05) is 7.11 Å². The van der Waals surface area contributed by atoms with Crippen LogP contribution in [0.15, 0.2) is 48.5 Å². The summed E-state index contributed by atoms with van der Waals surface area (Å²) in [5, 5.41) is 24.0. The van der Waals surface area contributed by atoms with Crippen LogP contribution in [0.1, 0.15) is 55.7 Å². The summed E-state index contributed by atoms with van der Waals surface area (Å²) in [6.45, 7) is 0.107. The van der Waals surface area contributed by atoms with Gasteiger partial charge in [0, 0.05) is 6.04 Å². The molecule has 190 valence electrons. The zero-order chi connectivity index (χ0) is 25.4. The van der Waals surface area contributed by atoms with Crippen LogP contribution in [-0.4, -0.2) is 45.5 Å². The smallest absolute Gasteiger partial charge is 0.324 e. The molecular formula is C28H32N2O6. The van der Waals surface area contributed by atoms with Crippen molar-refractivity contribution < 1.29 is 29.3 Å². The van der Waals surface area contributed by atoms with Crippen molar-refractivity contribution >= 4 is 17.8 Å². The zero-order valence-corrected chi connectivity index (χ0v) is 20.4. The van der Waals surface area contributed by atoms with Gasteiger partial charge in [0.25, 0.3) is 0 Å². The Bertz CT molecular complexity index is 1160. The first-order chi connectivity index (χ1) is 17.4. The van der Waals surface area contributed by atoms with E-state index in [9.17, 15) is 24.6 Å². The Labute approximate surface area is 210 Å². The standard InChI is InChI=1S/C28H32N2O6/c1-36-21-14-19(12-13-20(21)31)24-22-23(26(33)30(25(22)32)16-18-10-6-3-7-11-18)28(29-24,27(34)35)15-17-8-4-2-5-9-17/h3,6-7,10-14,17,22-24,29,31H,2,4-5,8-9,15-16H2,1H3,(H,34,35). The second-order valence-electron chi connectivity index (χ2n) is 10.3. The molecule has 0 spiro atoms. The molecule has 2 heterocycles. The largest absolute Gasteiger partial charge is 0.504 e. The van der Waals surface area contributed by atoms with Crippen LogP contribution in [0.2, 0.25) is 0 Å². The van der Waals surface area contributed by atoms with Gasteiger partial charge >= 0.3 is 5.97 Å². The lowest BCUT2D eigenvalue weighted by Gasteiger charge is -2.35. The van der Waals surface area contributed by atoms with E-state index in [0.717, 1.165) is 37.7 Å². The summed E-state index contributed by atoms with van der Waals surface area (Å²) in [5.74, 6) is -3.45. The summed E-state index contributed by atoms with van der Waals surface area (Å²) in [7, 11) is 1.43. The first kappa shape index (κ1) is 24.3. The number of carbonyl (C=O) groups excluding carboxylic acids is 2. The number of imide groups is 1. The summed E-state index contributed by atoms with van der Waals surface area (Å²) in [4.78, 5) is 41.9. The molecule has 3 N–H and O–H groups in total. The number of fused-ring (bicyclic) bond motifs is 1. The number of nitrogens with one attached hydrogen (secondary N) is 1. The summed E-state index contributed by atoms with van der Waals surface area (Å²) in [6, 6.07) is 13.3. The van der Waals surface area contributed by atoms with Crippen molar-refractivity contribution in [2.45, 2.75) is 56.7 Å². The molecule has 0 bridgehead atoms. The van der Waals surface area contributed by atoms with E-state index in [0.29, 0.717) is 12.0 Å². The number of aliphatic carboxylic acids is 1. The molecule has 2 aromatic carbocycles. The van der Waals surface area contributed by atoms with Crippen LogP contribution in [0.5, 0.6) is 11.5 Å². The molecule has 8 heteroatoms. The molecule has 1 saturated carbocycles. The van der Waals surface area contributed by atoms with Gasteiger partial charge in [-0.2, -0.15) is 0 Å². The molecule has 8 nitrogen and oxygen atoms in total. The van der Waals surface area contributed by atoms with Gasteiger partial charge in [0.2, 0.25) is 11.8 Å². The van der Waals surface area contributed by atoms with Crippen molar-refractivity contribution in [1.29, 1.82) is 0 Å². The number of carbonyl (C=O) groups is 3. The van der Waals surface area contributed by atoms with Crippen molar-refractivity contribution in [1.82, 2.24) is 10.2 Å². The Kier molecular flexibility index (Phi) is 6.47. The van der Waals surface area contributed by atoms with Crippen LogP contribution in [-0.2, 0) is 20.9 Å². The average Bonchev–Trinajstić information content (AvgIpc) is 3.35. The van der Waals surface area contributed by atoms with Gasteiger partial charge in [-0.05, 0) is 35.6 Å². The number of carboxylic acid groups (broad SMARTS) is 1. The van der Waals surface area contributed by atoms with Gasteiger partial charge in [0.1, 0.15) is 5.54 Å². The number of aromatic hydroxyl groups is 1. The fourth-order valence-corrected chi connectivity index (χ4v) is 6.48. The second kappa shape index (κ2) is 9.58. The third kappa shape index (κ3) is 4.03. The van der Waals surface area contributed by atoms with E-state index in [2.05, 4.69) is 5.32 Å². The SMILES string of the molecule is COc1cc(C2NC(CC3CCCCC3)(C(=O)O)C3C(=O)N(Cc4ccccc4)C(=O)C23)ccc1O. The van der Waals surface area contributed by atoms with Gasteiger partial charge in [-0.25, -0.2) is 0 Å². The summed E-state index contributed by atoms with van der Waals surface area (Å²) >= 11 is 0. The molecular weight excluding hydrogens is 460 g/mol. The van der Waals surface area contributed by atoms with Gasteiger partial charge in [0.05, 0.1) is 25.5 Å². The fraction of sp³-hybridized carbons (Fsp3) is 0.464. The fourth-order valence-electron chi connectivity index (χ4n) is 6.48. The van der Waals surface area contributed by atoms with E-state index in [1.807, 2.05) is 30.3 Å². The second-order valence-corrected chi connectivity index (χ2v) is 10.3. The van der Waals surface area contributed by atoms with Crippen LogP contribution in [0.4, 0.5) is 0 Å². The number of hydrogen-bond acceptors (Lipinski definition) is 6. The van der Waals surface area contributed by atoms with Gasteiger partial charge in [0.15, 0.2) is 11.5 Å². The van der Waals surface area contributed by atoms with Crippen LogP contribution >= 0.6 is 0 Å². The highest BCUT2D eigenvalue weighted by Gasteiger charge is 2.68. The monoisotopic (exact) mass is 492 g/mol. The van der Waals surface area contributed by atoms with Crippen molar-refractivity contribution in [3.8, 4) is 11.5 Å². The predicted molar refractivity (Wildman–Crippen MR) is 131 cm³/mol. The maximum absolute atomic E-state index is 13.9. The van der Waals surface area contributed by atoms with E-state index in [1.54, 1.807) is 12.1 Å². The first-order valence-corrected chi connectivity index (χ1v) is 12.6. The number of nitrogens with zero attached hydrogens (tertiary/aromatic N) is 1. The van der Waals surface area contributed by atoms with E-state index < -0.39 is 35.3 Å². The van der Waals surface area contributed by atoms with Crippen molar-refractivity contribution in [3.05, 3.63) is 59.7 Å². The number of phenols is 1. The lowest BCUT2D eigenvalue weighted by Crippen LogP contribution is -2.56. The van der Waals surface area contributed by atoms with Crippen molar-refractivity contribution in [3.63, 3.8) is 0 Å². The molecule has 2 amide bonds. The van der Waals surface area contributed by atoms with Crippen LogP contribution in [0.3, 0.4) is 0 Å². The van der Waals surface area contributed by atoms with Gasteiger partial charge in [-0.15, -0.1) is 0 Å². The number of rotatable bonds is 7. The van der Waals surface area contributed by atoms with Gasteiger partial charge < -0.3 is 14.9 Å². The zero-order valence-electron chi connectivity index (χ0n) is 20.4. The molecule has 4 atom stereocenters. The third-order valence-corrected chi connectivity index (χ3v) is 8.21. The van der Waals surface area contributed by atoms with Crippen LogP contribution in [0.25, 0.3) is 0 Å². The summed E-state index contributed by atoms with van der Waals surface area (Å²) in [6.07, 6.45) is 5.35. The Morgan fingerprint density at radius 2 is 1.81 bits per heavy atom. The molecule has 3 aliphatic rings. The van der Waals surface area contributed by atoms with Crippen LogP contribution in [0, 0.1) is 17.8 Å². The molecule has 0 aromatic heterocycles. The highest BCUT2D eigenvalue weighted by atomic mass is 16.5. The average molecular weight is 493 g/mol. The predicted octanol–water partition coefficient (Wildman–Crippen LogP) is 3.64. The number of amides is 2. The van der Waals surface area contributed by atoms with Crippen molar-refractivity contribution in [2.24, 2.45) is 17.8 Å². The molecule has 0 radical (unpaired) electrons. The highest BCUT2D eigenvalue weighted by Crippen LogP contribution is 2.52. The summed E-state index contributed by atoms with van der Waals surface area (Å²) in [5.41, 5.74) is -0.141. The Morgan fingerprint density at radius 3 is 2.47 bits per heavy atom. The molecule has 2 aliphatic heterocycles. The number of carboxylic acids is 1. The number of hydrogen-bond donors (Lipinski definition) is 3. The molecule has 36 heavy (non-hydrogen) atoms. The molecule has 5 rings (SSSR count). The number of benzene rings is 2. The Morgan fingerprint density at radius 1 is 1.08 bits per heavy atom. The minimum Gasteiger partial charge on any atom is -0.504 e. The van der Waals surface area contributed by atoms with Gasteiger partial charge in [-0.1, -0.05) is 68.5 Å². The molecule has 3 fully saturated rings. The minimum atomic E-state index is -1.55. The summed E-state index contributed by atoms with van der Waals surface area (Å²) < 4.78 is 5.27. The normalized spacial score (nSPS) is 28.4. The quantitative estimate of drug-likeness (QED) is 0.505. The maximum Gasteiger partial charge on any atom is 0.324 e. The number of phenolic OH excluding ortho intramolecular Hbond substituents is 1. The lowest BCUT2D eigenvalue weighted by molar-refractivity contribution is -0.152. The molecule has 2 saturated heterocycles. The number of ether oxygens (including phenoxy) is 1. The maximum atomic E-state index is 13.9. The van der Waals surface area contributed by atoms with E-state index in [-0.39, 0.29) is 29.9 Å². The molecule has 2 aromatic rings. The highest BCUT2D eigenvalue weighted by molar-refractivity contribution is 6.09. The first-order valence-electron chi connectivity index (χ1n) is 12.6. The van der Waals surface area contributed by atoms with Gasteiger partial charge in [-0.3, -0.25) is 24.6 Å². The van der Waals surface area contributed by atoms with E-state index in [4.69, 9.17) is 4.74 Å². The molecule has 4 unspecified atom stereocenters. The number of methoxy groups -OCH3 is 1. The van der Waals surface area contributed by atoms with Crippen LogP contribution < -0.4 is 10.1 Å². The third-order valence-electron chi connectivity index (χ3n) is 8.21. The topological polar surface area (TPSA) is 116 Å². The Balaban J connectivity index is 1.58. The minimum absolute atomic E-state index is 0.0537. The molecule has 1 aliphatic carbocycles. The van der Waals surface area contributed by atoms with E-state index in [1.165, 1.54) is 18.1 Å². The Hall–Kier alpha value is -3.39. The number of likely N-dealkylation sites (tertiary alicyclic amines) is 1. The lowest BCUT2D eigenvalue weighted by atomic mass is 9.72.